The molecular weight excluding hydrogens is 303 g/mol. The largest absolute Gasteiger partial charge is 0.462 e. The maximum absolute atomic E-state index is 14.2. The molecule has 0 aliphatic rings. The number of carbonyl (C=O) groups excluding carboxylic acids is 1. The summed E-state index contributed by atoms with van der Waals surface area (Å²) in [6, 6.07) is 7.87. The molecule has 1 aromatic heterocycles. The van der Waals surface area contributed by atoms with Gasteiger partial charge in [0.25, 0.3) is 0 Å². The number of benzene rings is 1. The third kappa shape index (κ3) is 2.76. The van der Waals surface area contributed by atoms with Crippen LogP contribution < -0.4 is 0 Å². The van der Waals surface area contributed by atoms with Gasteiger partial charge in [0.05, 0.1) is 17.7 Å². The Balaban J connectivity index is 2.91. The Morgan fingerprint density at radius 3 is 2.73 bits per heavy atom. The molecule has 6 heteroatoms. The number of pyridine rings is 1. The zero-order valence-electron chi connectivity index (χ0n) is 12.1. The zero-order chi connectivity index (χ0) is 16.3. The van der Waals surface area contributed by atoms with Gasteiger partial charge in [-0.1, -0.05) is 30.4 Å². The van der Waals surface area contributed by atoms with Gasteiger partial charge in [0.2, 0.25) is 0 Å². The van der Waals surface area contributed by atoms with Crippen LogP contribution >= 0.6 is 12.2 Å². The van der Waals surface area contributed by atoms with Crippen LogP contribution in [0.1, 0.15) is 28.5 Å². The Labute approximate surface area is 132 Å². The van der Waals surface area contributed by atoms with E-state index >= 15 is 0 Å². The van der Waals surface area contributed by atoms with Gasteiger partial charge in [-0.05, 0) is 19.9 Å². The fourth-order valence-electron chi connectivity index (χ4n) is 2.22. The van der Waals surface area contributed by atoms with Crippen LogP contribution in [0.25, 0.3) is 11.1 Å². The molecule has 0 saturated heterocycles. The van der Waals surface area contributed by atoms with Crippen LogP contribution in [0.2, 0.25) is 0 Å². The molecule has 2 rings (SSSR count). The van der Waals surface area contributed by atoms with Gasteiger partial charge >= 0.3 is 5.97 Å². The number of aromatic amines is 1. The van der Waals surface area contributed by atoms with Crippen LogP contribution in [0.5, 0.6) is 0 Å². The van der Waals surface area contributed by atoms with Crippen LogP contribution in [0.15, 0.2) is 24.3 Å². The van der Waals surface area contributed by atoms with Gasteiger partial charge in [-0.3, -0.25) is 0 Å². The van der Waals surface area contributed by atoms with Crippen molar-refractivity contribution in [2.24, 2.45) is 0 Å². The number of carbonyl (C=O) groups is 1. The fourth-order valence-corrected chi connectivity index (χ4v) is 2.52. The number of esters is 1. The molecule has 0 fully saturated rings. The Morgan fingerprint density at radius 2 is 2.14 bits per heavy atom. The van der Waals surface area contributed by atoms with Crippen molar-refractivity contribution < 1.29 is 13.9 Å². The van der Waals surface area contributed by atoms with Crippen LogP contribution in [-0.4, -0.2) is 17.6 Å². The molecule has 22 heavy (non-hydrogen) atoms. The Morgan fingerprint density at radius 1 is 1.45 bits per heavy atom. The minimum atomic E-state index is -0.624. The summed E-state index contributed by atoms with van der Waals surface area (Å²) in [6.07, 6.45) is 0. The lowest BCUT2D eigenvalue weighted by Gasteiger charge is -2.14. The Hall–Kier alpha value is -2.52. The van der Waals surface area contributed by atoms with Crippen molar-refractivity contribution in [3.8, 4) is 17.2 Å². The quantitative estimate of drug-likeness (QED) is 0.689. The van der Waals surface area contributed by atoms with E-state index in [-0.39, 0.29) is 33.5 Å². The number of aromatic nitrogens is 1. The number of ether oxygens (including phenoxy) is 1. The lowest BCUT2D eigenvalue weighted by molar-refractivity contribution is 0.0526. The van der Waals surface area contributed by atoms with E-state index in [0.717, 1.165) is 0 Å². The van der Waals surface area contributed by atoms with Crippen molar-refractivity contribution in [2.75, 3.05) is 6.61 Å². The zero-order valence-corrected chi connectivity index (χ0v) is 12.9. The minimum absolute atomic E-state index is 0.0498. The topological polar surface area (TPSA) is 65.9 Å². The van der Waals surface area contributed by atoms with E-state index < -0.39 is 11.8 Å². The van der Waals surface area contributed by atoms with Crippen molar-refractivity contribution in [2.45, 2.75) is 13.8 Å². The van der Waals surface area contributed by atoms with Crippen molar-refractivity contribution in [1.29, 1.82) is 5.26 Å². The smallest absolute Gasteiger partial charge is 0.340 e. The van der Waals surface area contributed by atoms with Crippen LogP contribution in [0, 0.1) is 28.7 Å². The number of nitrogens with one attached hydrogen (secondary N) is 1. The van der Waals surface area contributed by atoms with Gasteiger partial charge in [0.1, 0.15) is 16.5 Å². The van der Waals surface area contributed by atoms with Crippen LogP contribution in [0.4, 0.5) is 4.39 Å². The monoisotopic (exact) mass is 316 g/mol. The third-order valence-electron chi connectivity index (χ3n) is 3.14. The molecular formula is C16H13FN2O2S. The summed E-state index contributed by atoms with van der Waals surface area (Å²) in [5, 5.41) is 9.37. The van der Waals surface area contributed by atoms with Gasteiger partial charge in [-0.25, -0.2) is 9.18 Å². The van der Waals surface area contributed by atoms with E-state index in [9.17, 15) is 14.4 Å². The first-order valence-electron chi connectivity index (χ1n) is 6.60. The molecule has 1 N–H and O–H groups in total. The molecule has 0 radical (unpaired) electrons. The fraction of sp³-hybridized carbons (Fsp3) is 0.188. The number of rotatable bonds is 3. The number of hydrogen-bond donors (Lipinski definition) is 1. The highest BCUT2D eigenvalue weighted by Crippen LogP contribution is 2.32. The molecule has 112 valence electrons. The molecule has 0 amide bonds. The van der Waals surface area contributed by atoms with Gasteiger partial charge in [-0.2, -0.15) is 5.26 Å². The number of halogens is 1. The number of H-pyrrole nitrogens is 1. The van der Waals surface area contributed by atoms with E-state index in [2.05, 4.69) is 4.98 Å². The highest BCUT2D eigenvalue weighted by Gasteiger charge is 2.23. The Kier molecular flexibility index (Phi) is 4.68. The van der Waals surface area contributed by atoms with Gasteiger partial charge in [0.15, 0.2) is 0 Å². The minimum Gasteiger partial charge on any atom is -0.462 e. The van der Waals surface area contributed by atoms with Crippen molar-refractivity contribution >= 4 is 18.2 Å². The van der Waals surface area contributed by atoms with Crippen LogP contribution in [-0.2, 0) is 4.74 Å². The van der Waals surface area contributed by atoms with E-state index in [1.54, 1.807) is 19.9 Å². The second-order valence-corrected chi connectivity index (χ2v) is 4.92. The molecule has 0 aliphatic carbocycles. The molecule has 0 aliphatic heterocycles. The number of nitrogens with zero attached hydrogens (tertiary/aromatic N) is 1. The predicted molar refractivity (Wildman–Crippen MR) is 82.4 cm³/mol. The van der Waals surface area contributed by atoms with Gasteiger partial charge in [0, 0.05) is 16.8 Å². The second-order valence-electron chi connectivity index (χ2n) is 4.52. The van der Waals surface area contributed by atoms with Crippen molar-refractivity contribution in [1.82, 2.24) is 4.98 Å². The summed E-state index contributed by atoms with van der Waals surface area (Å²) in [5.74, 6) is -1.16. The molecule has 4 nitrogen and oxygen atoms in total. The average molecular weight is 316 g/mol. The van der Waals surface area contributed by atoms with E-state index in [4.69, 9.17) is 17.0 Å². The number of aryl methyl sites for hydroxylation is 1. The van der Waals surface area contributed by atoms with Gasteiger partial charge in [-0.15, -0.1) is 0 Å². The molecule has 0 bridgehead atoms. The number of hydrogen-bond acceptors (Lipinski definition) is 4. The van der Waals surface area contributed by atoms with E-state index in [1.807, 2.05) is 6.07 Å². The summed E-state index contributed by atoms with van der Waals surface area (Å²) in [4.78, 5) is 15.0. The van der Waals surface area contributed by atoms with Crippen LogP contribution in [0.3, 0.4) is 0 Å². The lowest BCUT2D eigenvalue weighted by atomic mass is 9.94. The molecule has 0 saturated carbocycles. The molecule has 1 heterocycles. The second kappa shape index (κ2) is 6.50. The highest BCUT2D eigenvalue weighted by atomic mass is 32.1. The molecule has 2 aromatic rings. The lowest BCUT2D eigenvalue weighted by Crippen LogP contribution is -2.12. The summed E-state index contributed by atoms with van der Waals surface area (Å²) < 4.78 is 19.4. The predicted octanol–water partition coefficient (Wildman–Crippen LogP) is 3.91. The molecule has 0 spiro atoms. The normalized spacial score (nSPS) is 10.1. The summed E-state index contributed by atoms with van der Waals surface area (Å²) in [6.45, 7) is 3.48. The van der Waals surface area contributed by atoms with E-state index in [1.165, 1.54) is 18.2 Å². The third-order valence-corrected chi connectivity index (χ3v) is 3.44. The summed E-state index contributed by atoms with van der Waals surface area (Å²) in [7, 11) is 0. The van der Waals surface area contributed by atoms with E-state index in [0.29, 0.717) is 5.69 Å². The summed E-state index contributed by atoms with van der Waals surface area (Å²) in [5.41, 5.74) is 0.914. The molecule has 1 aromatic carbocycles. The molecule has 0 atom stereocenters. The highest BCUT2D eigenvalue weighted by molar-refractivity contribution is 7.71. The van der Waals surface area contributed by atoms with Crippen molar-refractivity contribution in [3.05, 3.63) is 51.5 Å². The summed E-state index contributed by atoms with van der Waals surface area (Å²) >= 11 is 5.13. The number of nitriles is 1. The maximum atomic E-state index is 14.2. The first-order valence-corrected chi connectivity index (χ1v) is 7.01. The standard InChI is InChI=1S/C16H13FN2O2S/c1-3-21-16(20)13-9(2)19-15(22)11(8-18)14(13)10-6-4-5-7-12(10)17/h4-7H,3H2,1-2H3,(H,19,22). The van der Waals surface area contributed by atoms with Crippen molar-refractivity contribution in [3.63, 3.8) is 0 Å². The average Bonchev–Trinajstić information content (AvgIpc) is 2.47. The van der Waals surface area contributed by atoms with Gasteiger partial charge < -0.3 is 9.72 Å². The SMILES string of the molecule is CCOC(=O)c1c(C)[nH]c(=S)c(C#N)c1-c1ccccc1F. The first-order chi connectivity index (χ1) is 10.5. The maximum Gasteiger partial charge on any atom is 0.340 e. The molecule has 0 unspecified atom stereocenters. The Bertz CT molecular complexity index is 837. The first kappa shape index (κ1) is 15.9.